The number of aromatic nitrogens is 1. The van der Waals surface area contributed by atoms with Gasteiger partial charge in [-0.05, 0) is 12.5 Å². The molecule has 1 aliphatic heterocycles. The van der Waals surface area contributed by atoms with E-state index in [0.717, 1.165) is 12.3 Å². The van der Waals surface area contributed by atoms with Crippen LogP contribution in [0.4, 0.5) is 18.9 Å². The van der Waals surface area contributed by atoms with Gasteiger partial charge in [-0.1, -0.05) is 0 Å². The zero-order valence-corrected chi connectivity index (χ0v) is 9.61. The summed E-state index contributed by atoms with van der Waals surface area (Å²) in [6.45, 7) is 0.655. The van der Waals surface area contributed by atoms with Gasteiger partial charge in [0, 0.05) is 19.3 Å². The van der Waals surface area contributed by atoms with Crippen molar-refractivity contribution < 1.29 is 18.3 Å². The summed E-state index contributed by atoms with van der Waals surface area (Å²) < 4.78 is 37.6. The molecule has 1 unspecified atom stereocenters. The van der Waals surface area contributed by atoms with Crippen molar-refractivity contribution in [2.24, 2.45) is 5.73 Å². The van der Waals surface area contributed by atoms with E-state index in [-0.39, 0.29) is 6.61 Å². The molecule has 0 spiro atoms. The van der Waals surface area contributed by atoms with Crippen molar-refractivity contribution >= 4 is 5.69 Å². The van der Waals surface area contributed by atoms with E-state index in [9.17, 15) is 13.2 Å². The molecule has 0 saturated carbocycles. The van der Waals surface area contributed by atoms with E-state index in [2.05, 4.69) is 4.98 Å². The van der Waals surface area contributed by atoms with Gasteiger partial charge in [-0.25, -0.2) is 0 Å². The summed E-state index contributed by atoms with van der Waals surface area (Å²) in [5.74, 6) is 0. The second-order valence-corrected chi connectivity index (χ2v) is 4.62. The van der Waals surface area contributed by atoms with Crippen LogP contribution in [-0.4, -0.2) is 35.3 Å². The molecule has 1 aromatic rings. The molecule has 2 rings (SSSR count). The van der Waals surface area contributed by atoms with Crippen molar-refractivity contribution in [2.45, 2.75) is 18.1 Å². The highest BCUT2D eigenvalue weighted by Gasteiger charge is 2.36. The smallest absolute Gasteiger partial charge is 0.394 e. The predicted octanol–water partition coefficient (Wildman–Crippen LogP) is 1.00. The predicted molar refractivity (Wildman–Crippen MR) is 60.1 cm³/mol. The van der Waals surface area contributed by atoms with Crippen LogP contribution in [0, 0.1) is 0 Å². The fourth-order valence-electron chi connectivity index (χ4n) is 2.00. The van der Waals surface area contributed by atoms with Crippen molar-refractivity contribution in [2.75, 3.05) is 24.6 Å². The third-order valence-corrected chi connectivity index (χ3v) is 3.12. The van der Waals surface area contributed by atoms with Gasteiger partial charge in [0.25, 0.3) is 0 Å². The molecule has 0 amide bonds. The van der Waals surface area contributed by atoms with E-state index in [1.807, 2.05) is 0 Å². The Kier molecular flexibility index (Phi) is 3.20. The van der Waals surface area contributed by atoms with Gasteiger partial charge >= 0.3 is 6.18 Å². The van der Waals surface area contributed by atoms with E-state index in [1.165, 1.54) is 6.20 Å². The molecule has 1 fully saturated rings. The fourth-order valence-corrected chi connectivity index (χ4v) is 2.00. The largest absolute Gasteiger partial charge is 0.417 e. The van der Waals surface area contributed by atoms with Gasteiger partial charge in [0.05, 0.1) is 29.6 Å². The zero-order valence-electron chi connectivity index (χ0n) is 9.61. The van der Waals surface area contributed by atoms with Crippen LogP contribution in [0.3, 0.4) is 0 Å². The number of aliphatic hydroxyl groups excluding tert-OH is 1. The van der Waals surface area contributed by atoms with Crippen LogP contribution in [0.1, 0.15) is 12.0 Å². The van der Waals surface area contributed by atoms with Crippen molar-refractivity contribution in [3.8, 4) is 0 Å². The van der Waals surface area contributed by atoms with Crippen LogP contribution < -0.4 is 10.6 Å². The van der Waals surface area contributed by atoms with E-state index in [0.29, 0.717) is 25.2 Å². The molecule has 4 nitrogen and oxygen atoms in total. The first-order chi connectivity index (χ1) is 8.34. The highest BCUT2D eigenvalue weighted by atomic mass is 19.4. The lowest BCUT2D eigenvalue weighted by Crippen LogP contribution is -2.46. The Morgan fingerprint density at radius 2 is 2.17 bits per heavy atom. The third kappa shape index (κ3) is 2.56. The first-order valence-corrected chi connectivity index (χ1v) is 5.51. The Morgan fingerprint density at radius 3 is 2.72 bits per heavy atom. The quantitative estimate of drug-likeness (QED) is 0.833. The highest BCUT2D eigenvalue weighted by Crippen LogP contribution is 2.32. The Labute approximate surface area is 102 Å². The van der Waals surface area contributed by atoms with E-state index in [1.54, 1.807) is 4.90 Å². The maximum atomic E-state index is 12.5. The maximum Gasteiger partial charge on any atom is 0.417 e. The Hall–Kier alpha value is -1.34. The summed E-state index contributed by atoms with van der Waals surface area (Å²) in [7, 11) is 0. The van der Waals surface area contributed by atoms with Crippen LogP contribution in [0.5, 0.6) is 0 Å². The minimum atomic E-state index is -4.40. The number of hydrogen-bond donors (Lipinski definition) is 2. The molecule has 7 heteroatoms. The molecule has 0 aliphatic carbocycles. The minimum Gasteiger partial charge on any atom is -0.394 e. The lowest BCUT2D eigenvalue weighted by Gasteiger charge is -2.23. The monoisotopic (exact) mass is 261 g/mol. The average Bonchev–Trinajstić information content (AvgIpc) is 2.72. The third-order valence-electron chi connectivity index (χ3n) is 3.12. The summed E-state index contributed by atoms with van der Waals surface area (Å²) in [5, 5.41) is 9.13. The van der Waals surface area contributed by atoms with Crippen LogP contribution >= 0.6 is 0 Å². The molecule has 1 atom stereocenters. The van der Waals surface area contributed by atoms with Crippen LogP contribution in [0.2, 0.25) is 0 Å². The molecule has 1 aliphatic rings. The van der Waals surface area contributed by atoms with Crippen LogP contribution in [0.15, 0.2) is 18.5 Å². The molecule has 100 valence electrons. The van der Waals surface area contributed by atoms with E-state index >= 15 is 0 Å². The van der Waals surface area contributed by atoms with Gasteiger partial charge in [0.1, 0.15) is 0 Å². The molecule has 1 aromatic heterocycles. The molecule has 1 saturated heterocycles. The van der Waals surface area contributed by atoms with Gasteiger partial charge in [0.2, 0.25) is 0 Å². The second kappa shape index (κ2) is 4.40. The van der Waals surface area contributed by atoms with Gasteiger partial charge in [0.15, 0.2) is 0 Å². The number of alkyl halides is 3. The van der Waals surface area contributed by atoms with Crippen molar-refractivity contribution in [3.05, 3.63) is 24.0 Å². The second-order valence-electron chi connectivity index (χ2n) is 4.62. The number of anilines is 1. The standard InChI is InChI=1S/C11H14F3N3O/c12-11(13,14)8-3-9(5-16-4-8)17-2-1-10(15,6-17)7-18/h3-5,18H,1-2,6-7,15H2. The summed E-state index contributed by atoms with van der Waals surface area (Å²) in [6.07, 6.45) is -1.70. The summed E-state index contributed by atoms with van der Waals surface area (Å²) in [5.41, 5.74) is 4.73. The summed E-state index contributed by atoms with van der Waals surface area (Å²) in [6, 6.07) is 1.05. The summed E-state index contributed by atoms with van der Waals surface area (Å²) >= 11 is 0. The Bertz CT molecular complexity index is 438. The number of nitrogens with two attached hydrogens (primary N) is 1. The van der Waals surface area contributed by atoms with Gasteiger partial charge < -0.3 is 15.7 Å². The lowest BCUT2D eigenvalue weighted by molar-refractivity contribution is -0.137. The zero-order chi connectivity index (χ0) is 13.4. The number of aliphatic hydroxyl groups is 1. The number of hydrogen-bond acceptors (Lipinski definition) is 4. The molecule has 3 N–H and O–H groups in total. The Balaban J connectivity index is 2.21. The first kappa shape index (κ1) is 13.1. The van der Waals surface area contributed by atoms with Gasteiger partial charge in [-0.15, -0.1) is 0 Å². The van der Waals surface area contributed by atoms with Gasteiger partial charge in [-0.3, -0.25) is 4.98 Å². The normalized spacial score (nSPS) is 24.6. The maximum absolute atomic E-state index is 12.5. The van der Waals surface area contributed by atoms with E-state index in [4.69, 9.17) is 10.8 Å². The van der Waals surface area contributed by atoms with E-state index < -0.39 is 17.3 Å². The SMILES string of the molecule is NC1(CO)CCN(c2cncc(C(F)(F)F)c2)C1. The average molecular weight is 261 g/mol. The summed E-state index contributed by atoms with van der Waals surface area (Å²) in [4.78, 5) is 5.31. The molecular formula is C11H14F3N3O. The molecule has 0 radical (unpaired) electrons. The first-order valence-electron chi connectivity index (χ1n) is 5.51. The number of pyridine rings is 1. The lowest BCUT2D eigenvalue weighted by atomic mass is 10.0. The minimum absolute atomic E-state index is 0.185. The highest BCUT2D eigenvalue weighted by molar-refractivity contribution is 5.48. The molecule has 0 bridgehead atoms. The van der Waals surface area contributed by atoms with Crippen molar-refractivity contribution in [3.63, 3.8) is 0 Å². The topological polar surface area (TPSA) is 62.4 Å². The van der Waals surface area contributed by atoms with Crippen LogP contribution in [0.25, 0.3) is 0 Å². The Morgan fingerprint density at radius 1 is 1.44 bits per heavy atom. The molecule has 0 aromatic carbocycles. The number of rotatable bonds is 2. The van der Waals surface area contributed by atoms with Crippen molar-refractivity contribution in [1.82, 2.24) is 4.98 Å². The number of halogens is 3. The molecular weight excluding hydrogens is 247 g/mol. The molecule has 18 heavy (non-hydrogen) atoms. The molecule has 2 heterocycles. The fraction of sp³-hybridized carbons (Fsp3) is 0.545. The van der Waals surface area contributed by atoms with Crippen molar-refractivity contribution in [1.29, 1.82) is 0 Å². The van der Waals surface area contributed by atoms with Crippen LogP contribution in [-0.2, 0) is 6.18 Å². The van der Waals surface area contributed by atoms with Gasteiger partial charge in [-0.2, -0.15) is 13.2 Å². The number of nitrogens with zero attached hydrogens (tertiary/aromatic N) is 2.